The van der Waals surface area contributed by atoms with Crippen LogP contribution in [-0.4, -0.2) is 25.7 Å². The van der Waals surface area contributed by atoms with Gasteiger partial charge in [-0.3, -0.25) is 4.79 Å². The van der Waals surface area contributed by atoms with E-state index in [4.69, 9.17) is 16.3 Å². The van der Waals surface area contributed by atoms with E-state index in [1.807, 2.05) is 0 Å². The molecule has 3 nitrogen and oxygen atoms in total. The standard InChI is InChI=1S/C12H14ClNO2/c1-12(7-16-8-12)6-14-11(15)9-3-2-4-10(13)5-9/h2-5H,6-8H2,1H3,(H,14,15). The first kappa shape index (κ1) is 11.4. The minimum atomic E-state index is -0.0874. The molecule has 0 spiro atoms. The molecular formula is C12H14ClNO2. The molecule has 1 aliphatic heterocycles. The molecule has 1 aromatic rings. The lowest BCUT2D eigenvalue weighted by Crippen LogP contribution is -2.48. The van der Waals surface area contributed by atoms with Gasteiger partial charge in [-0.05, 0) is 18.2 Å². The van der Waals surface area contributed by atoms with E-state index in [0.29, 0.717) is 30.3 Å². The molecule has 0 atom stereocenters. The Kier molecular flexibility index (Phi) is 3.17. The number of ether oxygens (including phenoxy) is 1. The van der Waals surface area contributed by atoms with E-state index in [9.17, 15) is 4.79 Å². The van der Waals surface area contributed by atoms with Crippen LogP contribution in [0.4, 0.5) is 0 Å². The Morgan fingerprint density at radius 1 is 1.56 bits per heavy atom. The summed E-state index contributed by atoms with van der Waals surface area (Å²) in [4.78, 5) is 11.8. The highest BCUT2D eigenvalue weighted by Crippen LogP contribution is 2.25. The van der Waals surface area contributed by atoms with Gasteiger partial charge in [0, 0.05) is 22.5 Å². The van der Waals surface area contributed by atoms with Crippen LogP contribution in [0.15, 0.2) is 24.3 Å². The first-order chi connectivity index (χ1) is 7.59. The third-order valence-corrected chi connectivity index (χ3v) is 2.90. The van der Waals surface area contributed by atoms with Gasteiger partial charge >= 0.3 is 0 Å². The molecule has 1 N–H and O–H groups in total. The van der Waals surface area contributed by atoms with Crippen molar-refractivity contribution in [2.75, 3.05) is 19.8 Å². The first-order valence-electron chi connectivity index (χ1n) is 5.21. The van der Waals surface area contributed by atoms with Crippen molar-refractivity contribution in [1.29, 1.82) is 0 Å². The quantitative estimate of drug-likeness (QED) is 0.878. The summed E-state index contributed by atoms with van der Waals surface area (Å²) in [5.74, 6) is -0.0874. The molecule has 0 unspecified atom stereocenters. The van der Waals surface area contributed by atoms with Gasteiger partial charge in [0.2, 0.25) is 0 Å². The Labute approximate surface area is 99.7 Å². The molecule has 0 aromatic heterocycles. The number of carbonyl (C=O) groups excluding carboxylic acids is 1. The van der Waals surface area contributed by atoms with Gasteiger partial charge in [0.15, 0.2) is 0 Å². The summed E-state index contributed by atoms with van der Waals surface area (Å²) in [5, 5.41) is 3.47. The molecule has 1 aliphatic rings. The van der Waals surface area contributed by atoms with Crippen LogP contribution in [0.25, 0.3) is 0 Å². The van der Waals surface area contributed by atoms with E-state index in [0.717, 1.165) is 0 Å². The summed E-state index contributed by atoms with van der Waals surface area (Å²) in [6.45, 7) is 4.15. The molecule has 0 bridgehead atoms. The van der Waals surface area contributed by atoms with Gasteiger partial charge in [-0.15, -0.1) is 0 Å². The second-order valence-electron chi connectivity index (χ2n) is 4.50. The maximum absolute atomic E-state index is 11.8. The third kappa shape index (κ3) is 2.54. The number of benzene rings is 1. The average molecular weight is 240 g/mol. The van der Waals surface area contributed by atoms with E-state index in [-0.39, 0.29) is 11.3 Å². The van der Waals surface area contributed by atoms with Crippen molar-refractivity contribution in [3.8, 4) is 0 Å². The van der Waals surface area contributed by atoms with Crippen molar-refractivity contribution < 1.29 is 9.53 Å². The lowest BCUT2D eigenvalue weighted by Gasteiger charge is -2.38. The highest BCUT2D eigenvalue weighted by molar-refractivity contribution is 6.30. The molecule has 0 saturated carbocycles. The summed E-state index contributed by atoms with van der Waals surface area (Å²) in [6, 6.07) is 6.93. The van der Waals surface area contributed by atoms with Gasteiger partial charge in [-0.2, -0.15) is 0 Å². The summed E-state index contributed by atoms with van der Waals surface area (Å²) in [6.07, 6.45) is 0. The molecule has 86 valence electrons. The van der Waals surface area contributed by atoms with Gasteiger partial charge in [0.25, 0.3) is 5.91 Å². The minimum Gasteiger partial charge on any atom is -0.380 e. The summed E-state index contributed by atoms with van der Waals surface area (Å²) in [5.41, 5.74) is 0.685. The predicted molar refractivity (Wildman–Crippen MR) is 62.7 cm³/mol. The number of nitrogens with one attached hydrogen (secondary N) is 1. The van der Waals surface area contributed by atoms with E-state index in [2.05, 4.69) is 12.2 Å². The van der Waals surface area contributed by atoms with Gasteiger partial charge in [0.1, 0.15) is 0 Å². The van der Waals surface area contributed by atoms with Crippen LogP contribution in [0.1, 0.15) is 17.3 Å². The van der Waals surface area contributed by atoms with Crippen LogP contribution < -0.4 is 5.32 Å². The van der Waals surface area contributed by atoms with Crippen molar-refractivity contribution in [3.63, 3.8) is 0 Å². The monoisotopic (exact) mass is 239 g/mol. The highest BCUT2D eigenvalue weighted by Gasteiger charge is 2.33. The Morgan fingerprint density at radius 3 is 2.88 bits per heavy atom. The molecule has 1 amide bonds. The summed E-state index contributed by atoms with van der Waals surface area (Å²) >= 11 is 5.82. The van der Waals surface area contributed by atoms with E-state index in [1.54, 1.807) is 24.3 Å². The lowest BCUT2D eigenvalue weighted by molar-refractivity contribution is -0.0978. The zero-order chi connectivity index (χ0) is 11.6. The van der Waals surface area contributed by atoms with E-state index >= 15 is 0 Å². The molecule has 1 fully saturated rings. The maximum atomic E-state index is 11.8. The van der Waals surface area contributed by atoms with Gasteiger partial charge < -0.3 is 10.1 Å². The van der Waals surface area contributed by atoms with Crippen LogP contribution in [0, 0.1) is 5.41 Å². The molecule has 2 rings (SSSR count). The summed E-state index contributed by atoms with van der Waals surface area (Å²) in [7, 11) is 0. The second kappa shape index (κ2) is 4.44. The smallest absolute Gasteiger partial charge is 0.251 e. The Bertz CT molecular complexity index is 402. The van der Waals surface area contributed by atoms with Gasteiger partial charge in [-0.25, -0.2) is 0 Å². The van der Waals surface area contributed by atoms with Gasteiger partial charge in [0.05, 0.1) is 13.2 Å². The van der Waals surface area contributed by atoms with Gasteiger partial charge in [-0.1, -0.05) is 24.6 Å². The molecule has 1 aromatic carbocycles. The second-order valence-corrected chi connectivity index (χ2v) is 4.93. The first-order valence-corrected chi connectivity index (χ1v) is 5.58. The fourth-order valence-electron chi connectivity index (χ4n) is 1.58. The Balaban J connectivity index is 1.93. The largest absolute Gasteiger partial charge is 0.380 e. The van der Waals surface area contributed by atoms with Crippen molar-refractivity contribution in [2.45, 2.75) is 6.92 Å². The van der Waals surface area contributed by atoms with Crippen molar-refractivity contribution in [1.82, 2.24) is 5.32 Å². The maximum Gasteiger partial charge on any atom is 0.251 e. The number of rotatable bonds is 3. The molecule has 16 heavy (non-hydrogen) atoms. The molecule has 4 heteroatoms. The Hall–Kier alpha value is -1.06. The molecular weight excluding hydrogens is 226 g/mol. The Morgan fingerprint density at radius 2 is 2.31 bits per heavy atom. The minimum absolute atomic E-state index is 0.0874. The topological polar surface area (TPSA) is 38.3 Å². The average Bonchev–Trinajstić information content (AvgIpc) is 2.23. The van der Waals surface area contributed by atoms with Crippen molar-refractivity contribution in [2.24, 2.45) is 5.41 Å². The number of amides is 1. The fraction of sp³-hybridized carbons (Fsp3) is 0.417. The van der Waals surface area contributed by atoms with Crippen molar-refractivity contribution >= 4 is 17.5 Å². The molecule has 0 aliphatic carbocycles. The van der Waals surface area contributed by atoms with Crippen LogP contribution in [0.5, 0.6) is 0 Å². The third-order valence-electron chi connectivity index (χ3n) is 2.66. The highest BCUT2D eigenvalue weighted by atomic mass is 35.5. The lowest BCUT2D eigenvalue weighted by atomic mass is 9.89. The fourth-order valence-corrected chi connectivity index (χ4v) is 1.77. The normalized spacial score (nSPS) is 17.6. The van der Waals surface area contributed by atoms with E-state index in [1.165, 1.54) is 0 Å². The van der Waals surface area contributed by atoms with Crippen LogP contribution >= 0.6 is 11.6 Å². The van der Waals surface area contributed by atoms with Crippen LogP contribution in [-0.2, 0) is 4.74 Å². The van der Waals surface area contributed by atoms with E-state index < -0.39 is 0 Å². The number of hydrogen-bond donors (Lipinski definition) is 1. The van der Waals surface area contributed by atoms with Crippen LogP contribution in [0.2, 0.25) is 5.02 Å². The zero-order valence-electron chi connectivity index (χ0n) is 9.13. The number of halogens is 1. The number of carbonyl (C=O) groups is 1. The number of hydrogen-bond acceptors (Lipinski definition) is 2. The predicted octanol–water partition coefficient (Wildman–Crippen LogP) is 2.11. The van der Waals surface area contributed by atoms with Crippen LogP contribution in [0.3, 0.4) is 0 Å². The van der Waals surface area contributed by atoms with Crippen molar-refractivity contribution in [3.05, 3.63) is 34.9 Å². The SMILES string of the molecule is CC1(CNC(=O)c2cccc(Cl)c2)COC1. The summed E-state index contributed by atoms with van der Waals surface area (Å²) < 4.78 is 5.12. The molecule has 1 heterocycles. The molecule has 0 radical (unpaired) electrons. The zero-order valence-corrected chi connectivity index (χ0v) is 9.88. The molecule has 1 saturated heterocycles.